The Morgan fingerprint density at radius 2 is 1.86 bits per heavy atom. The van der Waals surface area contributed by atoms with E-state index < -0.39 is 16.1 Å². The predicted octanol–water partition coefficient (Wildman–Crippen LogP) is 2.64. The summed E-state index contributed by atoms with van der Waals surface area (Å²) in [5, 5.41) is 0. The fourth-order valence-electron chi connectivity index (χ4n) is 2.03. The maximum absolute atomic E-state index is 12.6. The highest BCUT2D eigenvalue weighted by Crippen LogP contribution is 2.29. The van der Waals surface area contributed by atoms with Gasteiger partial charge in [0.2, 0.25) is 10.0 Å². The molecule has 2 aromatic rings. The normalized spacial score (nSPS) is 12.9. The van der Waals surface area contributed by atoms with E-state index in [2.05, 4.69) is 4.72 Å². The van der Waals surface area contributed by atoms with Crippen molar-refractivity contribution in [3.05, 3.63) is 41.9 Å². The van der Waals surface area contributed by atoms with Crippen LogP contribution in [-0.2, 0) is 10.0 Å². The predicted molar refractivity (Wildman–Crippen MR) is 81.7 cm³/mol. The summed E-state index contributed by atoms with van der Waals surface area (Å²) in [5.74, 6) is 1.95. The molecule has 0 saturated heterocycles. The van der Waals surface area contributed by atoms with Crippen LogP contribution in [0.5, 0.6) is 11.5 Å². The van der Waals surface area contributed by atoms with Gasteiger partial charge in [-0.3, -0.25) is 0 Å². The quantitative estimate of drug-likeness (QED) is 0.883. The van der Waals surface area contributed by atoms with Gasteiger partial charge in [0.15, 0.2) is 0 Å². The lowest BCUT2D eigenvalue weighted by atomic mass is 10.3. The van der Waals surface area contributed by atoms with E-state index >= 15 is 0 Å². The Balaban J connectivity index is 2.33. The third-order valence-electron chi connectivity index (χ3n) is 3.18. The van der Waals surface area contributed by atoms with E-state index in [1.807, 2.05) is 0 Å². The second-order valence-corrected chi connectivity index (χ2v) is 6.49. The number of furan rings is 1. The average Bonchev–Trinajstić information content (AvgIpc) is 2.93. The van der Waals surface area contributed by atoms with E-state index in [-0.39, 0.29) is 10.6 Å². The highest BCUT2D eigenvalue weighted by Gasteiger charge is 2.24. The minimum Gasteiger partial charge on any atom is -0.497 e. The fraction of sp³-hybridized carbons (Fsp3) is 0.333. The topological polar surface area (TPSA) is 77.8 Å². The van der Waals surface area contributed by atoms with Crippen molar-refractivity contribution >= 4 is 10.0 Å². The van der Waals surface area contributed by atoms with Gasteiger partial charge >= 0.3 is 0 Å². The molecule has 1 heterocycles. The fourth-order valence-corrected chi connectivity index (χ4v) is 3.43. The first kappa shape index (κ1) is 16.4. The van der Waals surface area contributed by atoms with Crippen molar-refractivity contribution in [2.45, 2.75) is 24.8 Å². The molecule has 1 aromatic heterocycles. The molecule has 0 radical (unpaired) electrons. The van der Waals surface area contributed by atoms with Crippen LogP contribution in [0.1, 0.15) is 24.5 Å². The third kappa shape index (κ3) is 3.42. The van der Waals surface area contributed by atoms with Crippen LogP contribution >= 0.6 is 0 Å². The molecule has 0 unspecified atom stereocenters. The second kappa shape index (κ2) is 6.41. The van der Waals surface area contributed by atoms with Crippen molar-refractivity contribution in [3.63, 3.8) is 0 Å². The number of ether oxygens (including phenoxy) is 2. The Hall–Kier alpha value is -1.99. The minimum atomic E-state index is -3.79. The second-order valence-electron chi connectivity index (χ2n) is 4.81. The Kier molecular flexibility index (Phi) is 4.77. The average molecular weight is 325 g/mol. The maximum atomic E-state index is 12.6. The molecular weight excluding hydrogens is 306 g/mol. The first-order chi connectivity index (χ1) is 10.4. The molecule has 0 aliphatic carbocycles. The number of aryl methyl sites for hydroxylation is 1. The molecule has 0 spiro atoms. The first-order valence-corrected chi connectivity index (χ1v) is 8.16. The SMILES string of the molecule is COc1ccc(OC)c(S(=O)(=O)N[C@@H](C)c2ccc(C)o2)c1. The van der Waals surface area contributed by atoms with Gasteiger partial charge in [-0.15, -0.1) is 0 Å². The van der Waals surface area contributed by atoms with E-state index in [4.69, 9.17) is 13.9 Å². The van der Waals surface area contributed by atoms with Crippen LogP contribution in [0.4, 0.5) is 0 Å². The summed E-state index contributed by atoms with van der Waals surface area (Å²) in [6.45, 7) is 3.51. The number of nitrogens with one attached hydrogen (secondary N) is 1. The first-order valence-electron chi connectivity index (χ1n) is 6.68. The lowest BCUT2D eigenvalue weighted by Gasteiger charge is -2.15. The highest BCUT2D eigenvalue weighted by atomic mass is 32.2. The molecule has 0 aliphatic heterocycles. The van der Waals surface area contributed by atoms with Crippen LogP contribution in [0, 0.1) is 6.92 Å². The number of rotatable bonds is 6. The van der Waals surface area contributed by atoms with Crippen LogP contribution in [-0.4, -0.2) is 22.6 Å². The van der Waals surface area contributed by atoms with E-state index in [9.17, 15) is 8.42 Å². The molecule has 120 valence electrons. The van der Waals surface area contributed by atoms with E-state index in [0.717, 1.165) is 5.76 Å². The summed E-state index contributed by atoms with van der Waals surface area (Å²) in [4.78, 5) is 0.0180. The van der Waals surface area contributed by atoms with Crippen LogP contribution in [0.25, 0.3) is 0 Å². The van der Waals surface area contributed by atoms with Gasteiger partial charge in [0.1, 0.15) is 27.9 Å². The number of hydrogen-bond donors (Lipinski definition) is 1. The monoisotopic (exact) mass is 325 g/mol. The molecule has 0 fully saturated rings. The summed E-state index contributed by atoms with van der Waals surface area (Å²) in [7, 11) is -0.900. The van der Waals surface area contributed by atoms with Crippen LogP contribution in [0.15, 0.2) is 39.6 Å². The molecule has 22 heavy (non-hydrogen) atoms. The van der Waals surface area contributed by atoms with E-state index in [1.165, 1.54) is 20.3 Å². The van der Waals surface area contributed by atoms with Gasteiger partial charge in [-0.1, -0.05) is 0 Å². The van der Waals surface area contributed by atoms with Gasteiger partial charge in [0.05, 0.1) is 20.3 Å². The summed E-state index contributed by atoms with van der Waals surface area (Å²) in [5.41, 5.74) is 0. The summed E-state index contributed by atoms with van der Waals surface area (Å²) >= 11 is 0. The molecule has 1 atom stereocenters. The van der Waals surface area contributed by atoms with Gasteiger partial charge < -0.3 is 13.9 Å². The molecule has 1 aromatic carbocycles. The molecule has 7 heteroatoms. The van der Waals surface area contributed by atoms with Crippen molar-refractivity contribution in [2.24, 2.45) is 0 Å². The lowest BCUT2D eigenvalue weighted by molar-refractivity contribution is 0.391. The van der Waals surface area contributed by atoms with Crippen molar-refractivity contribution in [3.8, 4) is 11.5 Å². The molecule has 1 N–H and O–H groups in total. The van der Waals surface area contributed by atoms with Crippen molar-refractivity contribution < 1.29 is 22.3 Å². The zero-order valence-electron chi connectivity index (χ0n) is 12.9. The Bertz CT molecular complexity index is 751. The standard InChI is InChI=1S/C15H19NO5S/c1-10-5-7-13(21-10)11(2)16-22(17,18)15-9-12(19-3)6-8-14(15)20-4/h5-9,11,16H,1-4H3/t11-/m0/s1. The molecule has 0 saturated carbocycles. The van der Waals surface area contributed by atoms with Gasteiger partial charge in [-0.25, -0.2) is 13.1 Å². The van der Waals surface area contributed by atoms with Gasteiger partial charge in [-0.05, 0) is 38.1 Å². The third-order valence-corrected chi connectivity index (χ3v) is 4.74. The van der Waals surface area contributed by atoms with E-state index in [0.29, 0.717) is 11.5 Å². The Labute approximate surface area is 130 Å². The Morgan fingerprint density at radius 1 is 1.14 bits per heavy atom. The van der Waals surface area contributed by atoms with Gasteiger partial charge in [0.25, 0.3) is 0 Å². The van der Waals surface area contributed by atoms with Crippen molar-refractivity contribution in [2.75, 3.05) is 14.2 Å². The number of benzene rings is 1. The number of methoxy groups -OCH3 is 2. The van der Waals surface area contributed by atoms with E-state index in [1.54, 1.807) is 38.1 Å². The number of sulfonamides is 1. The lowest BCUT2D eigenvalue weighted by Crippen LogP contribution is -2.27. The van der Waals surface area contributed by atoms with Gasteiger partial charge in [0, 0.05) is 6.07 Å². The van der Waals surface area contributed by atoms with Crippen molar-refractivity contribution in [1.29, 1.82) is 0 Å². The Morgan fingerprint density at radius 3 is 2.41 bits per heavy atom. The molecular formula is C15H19NO5S. The minimum absolute atomic E-state index is 0.0180. The molecule has 6 nitrogen and oxygen atoms in total. The summed E-state index contributed by atoms with van der Waals surface area (Å²) in [6, 6.07) is 7.63. The van der Waals surface area contributed by atoms with Crippen LogP contribution < -0.4 is 14.2 Å². The molecule has 0 aliphatic rings. The summed E-state index contributed by atoms with van der Waals surface area (Å²) in [6.07, 6.45) is 0. The smallest absolute Gasteiger partial charge is 0.245 e. The zero-order chi connectivity index (χ0) is 16.3. The summed E-state index contributed by atoms with van der Waals surface area (Å²) < 4.78 is 43.4. The van der Waals surface area contributed by atoms with Crippen LogP contribution in [0.3, 0.4) is 0 Å². The van der Waals surface area contributed by atoms with Crippen LogP contribution in [0.2, 0.25) is 0 Å². The molecule has 2 rings (SSSR count). The highest BCUT2D eigenvalue weighted by molar-refractivity contribution is 7.89. The maximum Gasteiger partial charge on any atom is 0.245 e. The zero-order valence-corrected chi connectivity index (χ0v) is 13.7. The number of hydrogen-bond acceptors (Lipinski definition) is 5. The largest absolute Gasteiger partial charge is 0.497 e. The molecule has 0 bridgehead atoms. The van der Waals surface area contributed by atoms with Gasteiger partial charge in [-0.2, -0.15) is 0 Å². The van der Waals surface area contributed by atoms with Crippen molar-refractivity contribution in [1.82, 2.24) is 4.72 Å². The molecule has 0 amide bonds.